The molecule has 0 radical (unpaired) electrons. The molecule has 522 valence electrons. The van der Waals surface area contributed by atoms with Gasteiger partial charge in [0, 0.05) is 12.8 Å². The van der Waals surface area contributed by atoms with Crippen LogP contribution in [0.4, 0.5) is 0 Å². The molecule has 0 bridgehead atoms. The Morgan fingerprint density at radius 3 is 0.909 bits per heavy atom. The average molecular weight is 1240 g/mol. The third-order valence-corrected chi connectivity index (χ3v) is 19.2. The van der Waals surface area contributed by atoms with E-state index < -0.39 is 12.1 Å². The Morgan fingerprint density at radius 1 is 0.318 bits per heavy atom. The molecule has 0 heterocycles. The molecule has 2 atom stereocenters. The molecule has 6 nitrogen and oxygen atoms in total. The standard InChI is InChI=1S/C82H159NO5/c1-3-5-7-9-11-13-15-17-18-19-41-44-47-51-54-58-62-66-70-74-80(85)79(78-84)83-81(86)75-71-67-63-59-55-52-48-45-42-39-37-35-33-31-29-27-25-23-21-20-22-24-26-28-30-32-34-36-38-40-43-46-49-53-57-61-65-69-73-77-88-82(87)76-72-68-64-60-56-50-16-14-12-10-8-6-4-2/h8,10,14,16,79-80,84-85H,3-7,9,11-13,15,17-78H2,1-2H3,(H,83,86)/b10-8-,16-14-. The fraction of sp³-hybridized carbons (Fsp3) is 0.927. The Morgan fingerprint density at radius 2 is 0.591 bits per heavy atom. The summed E-state index contributed by atoms with van der Waals surface area (Å²) in [6, 6.07) is -0.537. The molecule has 0 saturated heterocycles. The number of hydrogen-bond donors (Lipinski definition) is 3. The summed E-state index contributed by atoms with van der Waals surface area (Å²) in [5, 5.41) is 23.4. The van der Waals surface area contributed by atoms with E-state index in [0.29, 0.717) is 25.9 Å². The Labute approximate surface area is 551 Å². The number of nitrogens with one attached hydrogen (secondary N) is 1. The summed E-state index contributed by atoms with van der Waals surface area (Å²) < 4.78 is 5.49. The van der Waals surface area contributed by atoms with Gasteiger partial charge < -0.3 is 20.3 Å². The predicted octanol–water partition coefficient (Wildman–Crippen LogP) is 26.8. The van der Waals surface area contributed by atoms with Gasteiger partial charge in [-0.05, 0) is 51.4 Å². The molecular formula is C82H159NO5. The first-order valence-electron chi connectivity index (χ1n) is 40.6. The number of aliphatic hydroxyl groups excluding tert-OH is 2. The first kappa shape index (κ1) is 86.3. The molecule has 0 spiro atoms. The van der Waals surface area contributed by atoms with Crippen molar-refractivity contribution in [3.8, 4) is 0 Å². The van der Waals surface area contributed by atoms with Crippen molar-refractivity contribution in [3.63, 3.8) is 0 Å². The van der Waals surface area contributed by atoms with Crippen LogP contribution in [0.2, 0.25) is 0 Å². The van der Waals surface area contributed by atoms with Crippen LogP contribution in [-0.4, -0.2) is 47.4 Å². The van der Waals surface area contributed by atoms with Crippen LogP contribution in [0.5, 0.6) is 0 Å². The van der Waals surface area contributed by atoms with Gasteiger partial charge in [0.2, 0.25) is 5.91 Å². The number of unbranched alkanes of at least 4 members (excludes halogenated alkanes) is 62. The van der Waals surface area contributed by atoms with Crippen molar-refractivity contribution < 1.29 is 24.5 Å². The van der Waals surface area contributed by atoms with Gasteiger partial charge in [-0.25, -0.2) is 0 Å². The van der Waals surface area contributed by atoms with Crippen LogP contribution in [0, 0.1) is 0 Å². The Balaban J connectivity index is 3.29. The normalized spacial score (nSPS) is 12.5. The molecule has 0 aromatic heterocycles. The van der Waals surface area contributed by atoms with E-state index in [9.17, 15) is 19.8 Å². The summed E-state index contributed by atoms with van der Waals surface area (Å²) in [6.07, 6.45) is 100. The molecular weight excluding hydrogens is 1080 g/mol. The smallest absolute Gasteiger partial charge is 0.305 e. The SMILES string of the molecule is CCC/C=C\C/C=C\CCCCCCCC(=O)OCCCCCCCCCCCCCCCCCCCCCCCCCCCCCCCCCCCCCCCCCC(=O)NC(CO)C(O)CCCCCCCCCCCCCCCCCCCCC. The molecule has 0 aromatic rings. The van der Waals surface area contributed by atoms with E-state index >= 15 is 0 Å². The van der Waals surface area contributed by atoms with Crippen LogP contribution in [0.25, 0.3) is 0 Å². The Bertz CT molecular complexity index is 1380. The van der Waals surface area contributed by atoms with Crippen molar-refractivity contribution in [2.75, 3.05) is 13.2 Å². The summed E-state index contributed by atoms with van der Waals surface area (Å²) in [6.45, 7) is 4.93. The molecule has 0 aliphatic heterocycles. The molecule has 0 fully saturated rings. The van der Waals surface area contributed by atoms with Gasteiger partial charge in [0.1, 0.15) is 0 Å². The number of allylic oxidation sites excluding steroid dienone is 4. The zero-order valence-corrected chi connectivity index (χ0v) is 60.0. The second kappa shape index (κ2) is 77.8. The quantitative estimate of drug-likeness (QED) is 0.0320. The van der Waals surface area contributed by atoms with Gasteiger partial charge in [-0.15, -0.1) is 0 Å². The molecule has 3 N–H and O–H groups in total. The highest BCUT2D eigenvalue weighted by Crippen LogP contribution is 2.21. The fourth-order valence-corrected chi connectivity index (χ4v) is 13.1. The molecule has 88 heavy (non-hydrogen) atoms. The van der Waals surface area contributed by atoms with E-state index in [2.05, 4.69) is 43.5 Å². The first-order valence-corrected chi connectivity index (χ1v) is 40.6. The number of carbonyl (C=O) groups is 2. The summed E-state index contributed by atoms with van der Waals surface area (Å²) in [4.78, 5) is 24.6. The lowest BCUT2D eigenvalue weighted by atomic mass is 10.0. The second-order valence-corrected chi connectivity index (χ2v) is 28.1. The third-order valence-electron chi connectivity index (χ3n) is 19.2. The highest BCUT2D eigenvalue weighted by molar-refractivity contribution is 5.76. The lowest BCUT2D eigenvalue weighted by Crippen LogP contribution is -2.45. The maximum absolute atomic E-state index is 12.6. The average Bonchev–Trinajstić information content (AvgIpc) is 3.59. The van der Waals surface area contributed by atoms with Gasteiger partial charge in [-0.1, -0.05) is 423 Å². The van der Waals surface area contributed by atoms with Crippen molar-refractivity contribution in [2.45, 2.75) is 475 Å². The zero-order chi connectivity index (χ0) is 63.5. The van der Waals surface area contributed by atoms with Gasteiger partial charge in [0.15, 0.2) is 0 Å². The van der Waals surface area contributed by atoms with Crippen molar-refractivity contribution in [3.05, 3.63) is 24.3 Å². The van der Waals surface area contributed by atoms with Crippen molar-refractivity contribution in [2.24, 2.45) is 0 Å². The van der Waals surface area contributed by atoms with Crippen LogP contribution in [-0.2, 0) is 14.3 Å². The number of aliphatic hydroxyl groups is 2. The number of rotatable bonds is 77. The lowest BCUT2D eigenvalue weighted by Gasteiger charge is -2.22. The number of ether oxygens (including phenoxy) is 1. The summed E-state index contributed by atoms with van der Waals surface area (Å²) in [5.74, 6) is -0.0144. The van der Waals surface area contributed by atoms with Gasteiger partial charge in [0.25, 0.3) is 0 Å². The fourth-order valence-electron chi connectivity index (χ4n) is 13.1. The van der Waals surface area contributed by atoms with Gasteiger partial charge in [-0.3, -0.25) is 9.59 Å². The van der Waals surface area contributed by atoms with E-state index in [1.165, 1.54) is 379 Å². The number of esters is 1. The van der Waals surface area contributed by atoms with Crippen molar-refractivity contribution in [1.29, 1.82) is 0 Å². The van der Waals surface area contributed by atoms with Crippen LogP contribution < -0.4 is 5.32 Å². The lowest BCUT2D eigenvalue weighted by molar-refractivity contribution is -0.143. The van der Waals surface area contributed by atoms with Crippen LogP contribution in [0.15, 0.2) is 24.3 Å². The Kier molecular flexibility index (Phi) is 76.3. The van der Waals surface area contributed by atoms with E-state index in [-0.39, 0.29) is 18.5 Å². The second-order valence-electron chi connectivity index (χ2n) is 28.1. The first-order chi connectivity index (χ1) is 43.5. The summed E-state index contributed by atoms with van der Waals surface area (Å²) in [5.41, 5.74) is 0. The van der Waals surface area contributed by atoms with E-state index in [1.807, 2.05) is 0 Å². The van der Waals surface area contributed by atoms with Gasteiger partial charge >= 0.3 is 5.97 Å². The minimum Gasteiger partial charge on any atom is -0.466 e. The Hall–Kier alpha value is -1.66. The maximum atomic E-state index is 12.6. The zero-order valence-electron chi connectivity index (χ0n) is 60.0. The van der Waals surface area contributed by atoms with Crippen molar-refractivity contribution >= 4 is 11.9 Å². The number of carbonyl (C=O) groups excluding carboxylic acids is 2. The minimum atomic E-state index is -0.660. The number of amides is 1. The molecule has 6 heteroatoms. The van der Waals surface area contributed by atoms with E-state index in [0.717, 1.165) is 51.4 Å². The van der Waals surface area contributed by atoms with Crippen LogP contribution in [0.1, 0.15) is 463 Å². The molecule has 0 aliphatic carbocycles. The van der Waals surface area contributed by atoms with E-state index in [4.69, 9.17) is 4.74 Å². The van der Waals surface area contributed by atoms with Gasteiger partial charge in [0.05, 0.1) is 25.4 Å². The molecule has 0 rings (SSSR count). The van der Waals surface area contributed by atoms with E-state index in [1.54, 1.807) is 0 Å². The molecule has 0 aliphatic rings. The number of hydrogen-bond acceptors (Lipinski definition) is 5. The summed E-state index contributed by atoms with van der Waals surface area (Å²) >= 11 is 0. The van der Waals surface area contributed by atoms with Crippen LogP contribution >= 0.6 is 0 Å². The predicted molar refractivity (Wildman–Crippen MR) is 389 cm³/mol. The maximum Gasteiger partial charge on any atom is 0.305 e. The summed E-state index contributed by atoms with van der Waals surface area (Å²) in [7, 11) is 0. The molecule has 0 aromatic carbocycles. The highest BCUT2D eigenvalue weighted by atomic mass is 16.5. The van der Waals surface area contributed by atoms with Gasteiger partial charge in [-0.2, -0.15) is 0 Å². The molecule has 1 amide bonds. The third kappa shape index (κ3) is 73.4. The minimum absolute atomic E-state index is 0.00937. The molecule has 0 saturated carbocycles. The largest absolute Gasteiger partial charge is 0.466 e. The monoisotopic (exact) mass is 1240 g/mol. The molecule has 2 unspecified atom stereocenters. The highest BCUT2D eigenvalue weighted by Gasteiger charge is 2.20. The topological polar surface area (TPSA) is 95.9 Å². The van der Waals surface area contributed by atoms with Crippen molar-refractivity contribution in [1.82, 2.24) is 5.32 Å². The van der Waals surface area contributed by atoms with Crippen LogP contribution in [0.3, 0.4) is 0 Å².